The first-order chi connectivity index (χ1) is 6.35. The summed E-state index contributed by atoms with van der Waals surface area (Å²) in [6, 6.07) is 0. The summed E-state index contributed by atoms with van der Waals surface area (Å²) >= 11 is 0. The molecule has 0 aliphatic heterocycles. The summed E-state index contributed by atoms with van der Waals surface area (Å²) in [5, 5.41) is 0. The highest BCUT2D eigenvalue weighted by Gasteiger charge is 1.87. The van der Waals surface area contributed by atoms with Crippen LogP contribution in [-0.4, -0.2) is 12.8 Å². The van der Waals surface area contributed by atoms with Gasteiger partial charge >= 0.3 is 0 Å². The molecule has 0 radical (unpaired) electrons. The smallest absolute Gasteiger partial charge is 0.0389 e. The van der Waals surface area contributed by atoms with E-state index in [9.17, 15) is 0 Å². The van der Waals surface area contributed by atoms with E-state index in [1.54, 1.807) is 0 Å². The highest BCUT2D eigenvalue weighted by Crippen LogP contribution is 2.01. The standard InChI is InChI=1S/C12H23N/c1-4-7-9-12(6-3)11-13-10-8-5-2/h9,11H,4-8,10H2,1-3H3. The van der Waals surface area contributed by atoms with Gasteiger partial charge in [-0.1, -0.05) is 39.7 Å². The normalized spacial score (nSPS) is 12.7. The average Bonchev–Trinajstić information content (AvgIpc) is 2.17. The predicted molar refractivity (Wildman–Crippen MR) is 61.5 cm³/mol. The zero-order valence-electron chi connectivity index (χ0n) is 9.34. The van der Waals surface area contributed by atoms with Crippen molar-refractivity contribution in [2.24, 2.45) is 4.99 Å². The summed E-state index contributed by atoms with van der Waals surface area (Å²) in [5.74, 6) is 0. The second-order valence-electron chi connectivity index (χ2n) is 3.31. The number of allylic oxidation sites excluding steroid dienone is 2. The summed E-state index contributed by atoms with van der Waals surface area (Å²) < 4.78 is 0. The maximum Gasteiger partial charge on any atom is 0.0389 e. The molecule has 0 rings (SSSR count). The van der Waals surface area contributed by atoms with Crippen LogP contribution in [-0.2, 0) is 0 Å². The maximum absolute atomic E-state index is 4.39. The third kappa shape index (κ3) is 7.76. The van der Waals surface area contributed by atoms with E-state index in [4.69, 9.17) is 0 Å². The molecule has 13 heavy (non-hydrogen) atoms. The second-order valence-corrected chi connectivity index (χ2v) is 3.31. The van der Waals surface area contributed by atoms with Crippen LogP contribution in [0.15, 0.2) is 16.6 Å². The number of hydrogen-bond donors (Lipinski definition) is 0. The summed E-state index contributed by atoms with van der Waals surface area (Å²) in [4.78, 5) is 4.39. The van der Waals surface area contributed by atoms with Gasteiger partial charge < -0.3 is 0 Å². The monoisotopic (exact) mass is 181 g/mol. The van der Waals surface area contributed by atoms with E-state index in [-0.39, 0.29) is 0 Å². The third-order valence-electron chi connectivity index (χ3n) is 2.00. The Kier molecular flexibility index (Phi) is 9.07. The molecule has 0 amide bonds. The van der Waals surface area contributed by atoms with Crippen molar-refractivity contribution in [3.63, 3.8) is 0 Å². The van der Waals surface area contributed by atoms with Crippen LogP contribution in [0.5, 0.6) is 0 Å². The summed E-state index contributed by atoms with van der Waals surface area (Å²) in [6.45, 7) is 7.58. The molecule has 0 aromatic heterocycles. The zero-order chi connectivity index (χ0) is 9.94. The van der Waals surface area contributed by atoms with Crippen LogP contribution >= 0.6 is 0 Å². The highest BCUT2D eigenvalue weighted by atomic mass is 14.7. The van der Waals surface area contributed by atoms with Crippen molar-refractivity contribution in [1.82, 2.24) is 0 Å². The molecule has 0 bridgehead atoms. The molecule has 0 saturated heterocycles. The van der Waals surface area contributed by atoms with Gasteiger partial charge in [0.05, 0.1) is 0 Å². The van der Waals surface area contributed by atoms with Crippen LogP contribution in [0.1, 0.15) is 52.9 Å². The van der Waals surface area contributed by atoms with Gasteiger partial charge in [-0.2, -0.15) is 0 Å². The lowest BCUT2D eigenvalue weighted by Crippen LogP contribution is -1.86. The molecule has 0 heterocycles. The molecule has 1 nitrogen and oxygen atoms in total. The molecule has 0 unspecified atom stereocenters. The summed E-state index contributed by atoms with van der Waals surface area (Å²) in [6.07, 6.45) is 10.3. The second kappa shape index (κ2) is 9.50. The van der Waals surface area contributed by atoms with Crippen molar-refractivity contribution in [3.8, 4) is 0 Å². The van der Waals surface area contributed by atoms with Gasteiger partial charge in [-0.3, -0.25) is 4.99 Å². The lowest BCUT2D eigenvalue weighted by Gasteiger charge is -1.96. The predicted octanol–water partition coefficient (Wildman–Crippen LogP) is 3.99. The zero-order valence-corrected chi connectivity index (χ0v) is 9.34. The molecule has 76 valence electrons. The van der Waals surface area contributed by atoms with E-state index in [0.29, 0.717) is 0 Å². The van der Waals surface area contributed by atoms with E-state index >= 15 is 0 Å². The molecular formula is C12H23N. The van der Waals surface area contributed by atoms with E-state index in [1.807, 2.05) is 6.21 Å². The minimum atomic E-state index is 0.986. The maximum atomic E-state index is 4.39. The van der Waals surface area contributed by atoms with Crippen LogP contribution in [0.4, 0.5) is 0 Å². The van der Waals surface area contributed by atoms with Crippen molar-refractivity contribution in [2.75, 3.05) is 6.54 Å². The Bertz CT molecular complexity index is 157. The van der Waals surface area contributed by atoms with Crippen LogP contribution in [0.3, 0.4) is 0 Å². The van der Waals surface area contributed by atoms with Gasteiger partial charge in [-0.25, -0.2) is 0 Å². The summed E-state index contributed by atoms with van der Waals surface area (Å²) in [5.41, 5.74) is 1.39. The molecule has 0 aliphatic rings. The number of hydrogen-bond acceptors (Lipinski definition) is 1. The quantitative estimate of drug-likeness (QED) is 0.416. The van der Waals surface area contributed by atoms with Gasteiger partial charge in [0.1, 0.15) is 0 Å². The fourth-order valence-corrected chi connectivity index (χ4v) is 1.05. The van der Waals surface area contributed by atoms with Gasteiger partial charge in [0.15, 0.2) is 0 Å². The van der Waals surface area contributed by atoms with Crippen molar-refractivity contribution >= 4 is 6.21 Å². The molecule has 0 N–H and O–H groups in total. The molecule has 0 aromatic rings. The van der Waals surface area contributed by atoms with Gasteiger partial charge in [0, 0.05) is 12.8 Å². The number of aliphatic imine (C=N–C) groups is 1. The fourth-order valence-electron chi connectivity index (χ4n) is 1.05. The van der Waals surface area contributed by atoms with Crippen molar-refractivity contribution < 1.29 is 0 Å². The lowest BCUT2D eigenvalue weighted by atomic mass is 10.1. The highest BCUT2D eigenvalue weighted by molar-refractivity contribution is 5.78. The number of unbranched alkanes of at least 4 members (excludes halogenated alkanes) is 2. The first-order valence-corrected chi connectivity index (χ1v) is 5.53. The van der Waals surface area contributed by atoms with Crippen LogP contribution < -0.4 is 0 Å². The Labute approximate surface area is 83.0 Å². The topological polar surface area (TPSA) is 12.4 Å². The molecular weight excluding hydrogens is 158 g/mol. The average molecular weight is 181 g/mol. The Morgan fingerprint density at radius 1 is 1.15 bits per heavy atom. The Morgan fingerprint density at radius 2 is 1.92 bits per heavy atom. The van der Waals surface area contributed by atoms with Crippen molar-refractivity contribution in [1.29, 1.82) is 0 Å². The van der Waals surface area contributed by atoms with Crippen molar-refractivity contribution in [2.45, 2.75) is 52.9 Å². The molecule has 0 fully saturated rings. The molecule has 0 aromatic carbocycles. The Balaban J connectivity index is 3.75. The van der Waals surface area contributed by atoms with E-state index in [2.05, 4.69) is 31.8 Å². The molecule has 0 saturated carbocycles. The van der Waals surface area contributed by atoms with Crippen LogP contribution in [0.2, 0.25) is 0 Å². The number of rotatable bonds is 7. The fraction of sp³-hybridized carbons (Fsp3) is 0.750. The minimum Gasteiger partial charge on any atom is -0.293 e. The van der Waals surface area contributed by atoms with Crippen molar-refractivity contribution in [3.05, 3.63) is 11.6 Å². The SMILES string of the molecule is CCCC=C(C=NCCCC)CC. The summed E-state index contributed by atoms with van der Waals surface area (Å²) in [7, 11) is 0. The lowest BCUT2D eigenvalue weighted by molar-refractivity contribution is 0.809. The van der Waals surface area contributed by atoms with Gasteiger partial charge in [0.2, 0.25) is 0 Å². The molecule has 0 aliphatic carbocycles. The van der Waals surface area contributed by atoms with E-state index < -0.39 is 0 Å². The van der Waals surface area contributed by atoms with Crippen LogP contribution in [0.25, 0.3) is 0 Å². The van der Waals surface area contributed by atoms with E-state index in [0.717, 1.165) is 13.0 Å². The van der Waals surface area contributed by atoms with Gasteiger partial charge in [0.25, 0.3) is 0 Å². The Hall–Kier alpha value is -0.590. The first kappa shape index (κ1) is 12.4. The van der Waals surface area contributed by atoms with Gasteiger partial charge in [-0.05, 0) is 24.8 Å². The minimum absolute atomic E-state index is 0.986. The molecule has 0 atom stereocenters. The third-order valence-corrected chi connectivity index (χ3v) is 2.00. The first-order valence-electron chi connectivity index (χ1n) is 5.53. The van der Waals surface area contributed by atoms with Gasteiger partial charge in [-0.15, -0.1) is 0 Å². The van der Waals surface area contributed by atoms with E-state index in [1.165, 1.54) is 31.3 Å². The molecule has 0 spiro atoms. The molecule has 1 heteroatoms. The van der Waals surface area contributed by atoms with Crippen LogP contribution in [0, 0.1) is 0 Å². The Morgan fingerprint density at radius 3 is 2.46 bits per heavy atom. The largest absolute Gasteiger partial charge is 0.293 e. The number of nitrogens with zero attached hydrogens (tertiary/aromatic N) is 1.